The molecule has 0 fully saturated rings. The lowest BCUT2D eigenvalue weighted by atomic mass is 10.0. The van der Waals surface area contributed by atoms with Crippen LogP contribution in [-0.2, 0) is 38.4 Å². The van der Waals surface area contributed by atoms with Gasteiger partial charge in [0.2, 0.25) is 17.7 Å². The fourth-order valence-electron chi connectivity index (χ4n) is 4.71. The second-order valence-corrected chi connectivity index (χ2v) is 10.6. The first kappa shape index (κ1) is 31.6. The minimum Gasteiger partial charge on any atom is -0.508 e. The number of amides is 3. The third-order valence-electron chi connectivity index (χ3n) is 7.20. The molecular formula is C32H35N5O7. The van der Waals surface area contributed by atoms with Gasteiger partial charge < -0.3 is 42.0 Å². The molecule has 4 atom stereocenters. The molecule has 0 saturated heterocycles. The van der Waals surface area contributed by atoms with Crippen LogP contribution in [0, 0.1) is 0 Å². The molecule has 44 heavy (non-hydrogen) atoms. The summed E-state index contributed by atoms with van der Waals surface area (Å²) in [5, 5.41) is 37.1. The average molecular weight is 602 g/mol. The van der Waals surface area contributed by atoms with Gasteiger partial charge in [0.1, 0.15) is 29.6 Å². The van der Waals surface area contributed by atoms with E-state index in [-0.39, 0.29) is 30.8 Å². The van der Waals surface area contributed by atoms with Crippen molar-refractivity contribution in [3.63, 3.8) is 0 Å². The molecule has 4 unspecified atom stereocenters. The van der Waals surface area contributed by atoms with Gasteiger partial charge in [-0.3, -0.25) is 19.2 Å². The van der Waals surface area contributed by atoms with Gasteiger partial charge in [-0.05, 0) is 60.4 Å². The zero-order valence-corrected chi connectivity index (χ0v) is 24.0. The monoisotopic (exact) mass is 601 g/mol. The van der Waals surface area contributed by atoms with Crippen LogP contribution < -0.4 is 21.7 Å². The highest BCUT2D eigenvalue weighted by molar-refractivity contribution is 5.95. The summed E-state index contributed by atoms with van der Waals surface area (Å²) in [5.41, 5.74) is 9.08. The number of aromatic nitrogens is 1. The van der Waals surface area contributed by atoms with Crippen LogP contribution in [-0.4, -0.2) is 68.2 Å². The Morgan fingerprint density at radius 3 is 1.86 bits per heavy atom. The maximum Gasteiger partial charge on any atom is 0.325 e. The number of aromatic hydroxyl groups is 2. The molecule has 0 aliphatic heterocycles. The molecule has 3 aromatic carbocycles. The Morgan fingerprint density at radius 2 is 1.25 bits per heavy atom. The minimum atomic E-state index is -1.25. The van der Waals surface area contributed by atoms with Crippen molar-refractivity contribution in [2.24, 2.45) is 5.73 Å². The number of para-hydroxylation sites is 1. The molecule has 3 amide bonds. The van der Waals surface area contributed by atoms with Gasteiger partial charge in [-0.25, -0.2) is 0 Å². The van der Waals surface area contributed by atoms with Crippen LogP contribution in [0.4, 0.5) is 0 Å². The number of carbonyl (C=O) groups is 4. The van der Waals surface area contributed by atoms with Gasteiger partial charge in [0, 0.05) is 29.9 Å². The van der Waals surface area contributed by atoms with Crippen LogP contribution in [0.3, 0.4) is 0 Å². The molecule has 1 aromatic heterocycles. The zero-order valence-electron chi connectivity index (χ0n) is 24.0. The van der Waals surface area contributed by atoms with Crippen LogP contribution >= 0.6 is 0 Å². The lowest BCUT2D eigenvalue weighted by Crippen LogP contribution is -2.58. The summed E-state index contributed by atoms with van der Waals surface area (Å²) in [6.45, 7) is 1.30. The van der Waals surface area contributed by atoms with E-state index in [1.807, 2.05) is 24.3 Å². The predicted molar refractivity (Wildman–Crippen MR) is 163 cm³/mol. The number of hydrogen-bond donors (Lipinski definition) is 8. The van der Waals surface area contributed by atoms with Crippen molar-refractivity contribution in [1.29, 1.82) is 0 Å². The first-order valence-corrected chi connectivity index (χ1v) is 14.0. The van der Waals surface area contributed by atoms with Crippen molar-refractivity contribution >= 4 is 34.6 Å². The Kier molecular flexibility index (Phi) is 10.2. The van der Waals surface area contributed by atoms with E-state index in [1.165, 1.54) is 31.2 Å². The predicted octanol–water partition coefficient (Wildman–Crippen LogP) is 1.49. The topological polar surface area (TPSA) is 207 Å². The standard InChI is InChI=1S/C32H35N5O7/c1-18(32(43)44)35-30(41)27(15-20-8-12-23(39)13-9-20)37-31(42)28(16-21-17-34-26-5-3-2-4-24(21)26)36-29(40)25(33)14-19-6-10-22(38)11-7-19/h2-13,17-18,25,27-28,34,38-39H,14-16,33H2,1H3,(H,35,41)(H,36,40)(H,37,42)(H,43,44). The molecule has 230 valence electrons. The molecule has 0 aliphatic rings. The largest absolute Gasteiger partial charge is 0.508 e. The van der Waals surface area contributed by atoms with Gasteiger partial charge in [0.25, 0.3) is 0 Å². The minimum absolute atomic E-state index is 0.0156. The van der Waals surface area contributed by atoms with Crippen LogP contribution in [0.1, 0.15) is 23.6 Å². The average Bonchev–Trinajstić information content (AvgIpc) is 3.41. The van der Waals surface area contributed by atoms with Crippen LogP contribution in [0.15, 0.2) is 79.0 Å². The molecule has 12 heteroatoms. The second-order valence-electron chi connectivity index (χ2n) is 10.6. The first-order chi connectivity index (χ1) is 21.0. The number of aromatic amines is 1. The maximum atomic E-state index is 13.8. The summed E-state index contributed by atoms with van der Waals surface area (Å²) in [6.07, 6.45) is 1.93. The Hall–Kier alpha value is -5.36. The summed E-state index contributed by atoms with van der Waals surface area (Å²) < 4.78 is 0. The van der Waals surface area contributed by atoms with Crippen LogP contribution in [0.5, 0.6) is 11.5 Å². The van der Waals surface area contributed by atoms with E-state index in [4.69, 9.17) is 5.73 Å². The van der Waals surface area contributed by atoms with E-state index >= 15 is 0 Å². The lowest BCUT2D eigenvalue weighted by molar-refractivity contribution is -0.141. The van der Waals surface area contributed by atoms with E-state index in [0.717, 1.165) is 16.5 Å². The number of phenols is 2. The van der Waals surface area contributed by atoms with E-state index < -0.39 is 47.9 Å². The molecule has 9 N–H and O–H groups in total. The smallest absolute Gasteiger partial charge is 0.325 e. The molecule has 4 rings (SSSR count). The van der Waals surface area contributed by atoms with Gasteiger partial charge in [0.05, 0.1) is 6.04 Å². The zero-order chi connectivity index (χ0) is 31.8. The number of nitrogens with two attached hydrogens (primary N) is 1. The third kappa shape index (κ3) is 8.35. The molecule has 0 radical (unpaired) electrons. The number of benzene rings is 3. The first-order valence-electron chi connectivity index (χ1n) is 14.0. The maximum absolute atomic E-state index is 13.8. The van der Waals surface area contributed by atoms with Crippen molar-refractivity contribution in [2.45, 2.75) is 50.4 Å². The number of rotatable bonds is 13. The molecule has 0 spiro atoms. The van der Waals surface area contributed by atoms with Crippen molar-refractivity contribution in [1.82, 2.24) is 20.9 Å². The van der Waals surface area contributed by atoms with Gasteiger partial charge in [-0.1, -0.05) is 42.5 Å². The number of carbonyl (C=O) groups excluding carboxylic acids is 3. The van der Waals surface area contributed by atoms with Crippen molar-refractivity contribution in [3.8, 4) is 11.5 Å². The van der Waals surface area contributed by atoms with Gasteiger partial charge in [0.15, 0.2) is 0 Å². The van der Waals surface area contributed by atoms with Crippen LogP contribution in [0.2, 0.25) is 0 Å². The molecule has 0 saturated carbocycles. The molecule has 1 heterocycles. The number of phenolic OH excluding ortho intramolecular Hbond substituents is 2. The number of carboxylic acid groups (broad SMARTS) is 1. The van der Waals surface area contributed by atoms with E-state index in [2.05, 4.69) is 20.9 Å². The Balaban J connectivity index is 1.58. The van der Waals surface area contributed by atoms with Gasteiger partial charge in [-0.2, -0.15) is 0 Å². The number of hydrogen-bond acceptors (Lipinski definition) is 7. The van der Waals surface area contributed by atoms with Gasteiger partial charge >= 0.3 is 5.97 Å². The summed E-state index contributed by atoms with van der Waals surface area (Å²) in [7, 11) is 0. The molecule has 0 bridgehead atoms. The quantitative estimate of drug-likeness (QED) is 0.112. The summed E-state index contributed by atoms with van der Waals surface area (Å²) in [5.74, 6) is -3.17. The number of nitrogens with one attached hydrogen (secondary N) is 4. The Morgan fingerprint density at radius 1 is 0.727 bits per heavy atom. The van der Waals surface area contributed by atoms with Crippen molar-refractivity contribution in [3.05, 3.63) is 95.7 Å². The fraction of sp³-hybridized carbons (Fsp3) is 0.250. The summed E-state index contributed by atoms with van der Waals surface area (Å²) in [4.78, 5) is 54.7. The SMILES string of the molecule is CC(NC(=O)C(Cc1ccc(O)cc1)NC(=O)C(Cc1c[nH]c2ccccc12)NC(=O)C(N)Cc1ccc(O)cc1)C(=O)O. The van der Waals surface area contributed by atoms with Crippen molar-refractivity contribution in [2.75, 3.05) is 0 Å². The normalized spacial score (nSPS) is 13.8. The van der Waals surface area contributed by atoms with E-state index in [1.54, 1.807) is 30.5 Å². The highest BCUT2D eigenvalue weighted by atomic mass is 16.4. The van der Waals surface area contributed by atoms with E-state index in [0.29, 0.717) is 11.1 Å². The highest BCUT2D eigenvalue weighted by Crippen LogP contribution is 2.20. The van der Waals surface area contributed by atoms with E-state index in [9.17, 15) is 34.5 Å². The fourth-order valence-corrected chi connectivity index (χ4v) is 4.71. The third-order valence-corrected chi connectivity index (χ3v) is 7.20. The Bertz CT molecular complexity index is 1620. The number of H-pyrrole nitrogens is 1. The van der Waals surface area contributed by atoms with Gasteiger partial charge in [-0.15, -0.1) is 0 Å². The van der Waals surface area contributed by atoms with Crippen LogP contribution in [0.25, 0.3) is 10.9 Å². The molecule has 0 aliphatic carbocycles. The Labute approximate surface area is 253 Å². The van der Waals surface area contributed by atoms with Crippen molar-refractivity contribution < 1.29 is 34.5 Å². The molecular weight excluding hydrogens is 566 g/mol. The lowest BCUT2D eigenvalue weighted by Gasteiger charge is -2.25. The summed E-state index contributed by atoms with van der Waals surface area (Å²) >= 11 is 0. The highest BCUT2D eigenvalue weighted by Gasteiger charge is 2.30. The number of fused-ring (bicyclic) bond motifs is 1. The summed E-state index contributed by atoms with van der Waals surface area (Å²) in [6, 6.07) is 15.1. The molecule has 4 aromatic rings. The number of carboxylic acids is 1. The number of aliphatic carboxylic acids is 1. The second kappa shape index (κ2) is 14.2. The molecule has 12 nitrogen and oxygen atoms in total.